The highest BCUT2D eigenvalue weighted by Crippen LogP contribution is 2.39. The van der Waals surface area contributed by atoms with Gasteiger partial charge in [0.15, 0.2) is 0 Å². The molecule has 2 N–H and O–H groups in total. The van der Waals surface area contributed by atoms with E-state index in [-0.39, 0.29) is 17.4 Å². The Morgan fingerprint density at radius 2 is 1.66 bits per heavy atom. The van der Waals surface area contributed by atoms with Crippen LogP contribution in [0.2, 0.25) is 0 Å². The molecule has 0 radical (unpaired) electrons. The molecule has 6 nitrogen and oxygen atoms in total. The van der Waals surface area contributed by atoms with Crippen molar-refractivity contribution in [2.45, 2.75) is 71.4 Å². The Kier molecular flexibility index (Phi) is 8.91. The predicted octanol–water partition coefficient (Wildman–Crippen LogP) is 7.43. The molecule has 0 spiro atoms. The van der Waals surface area contributed by atoms with Gasteiger partial charge in [0, 0.05) is 30.0 Å². The number of ether oxygens (including phenoxy) is 1. The standard InChI is InChI=1S/C34H40FN3O3/c1-4-41-30-21-27(17-14-22(30)2)37-33(39)28-12-8-20-38(34(40)31-23(3)9-7-13-29(31)35)32(28)24-15-18-26(19-16-24)36-25-10-5-6-11-25/h7,9,13-19,21,25,28,32,36H,4-6,8,10-12,20H2,1-3H3,(H,37,39). The first-order chi connectivity index (χ1) is 19.9. The van der Waals surface area contributed by atoms with E-state index in [4.69, 9.17) is 4.74 Å². The fourth-order valence-corrected chi connectivity index (χ4v) is 6.26. The number of anilines is 2. The molecular weight excluding hydrogens is 517 g/mol. The Balaban J connectivity index is 1.46. The van der Waals surface area contributed by atoms with Gasteiger partial charge in [-0.1, -0.05) is 43.2 Å². The summed E-state index contributed by atoms with van der Waals surface area (Å²) < 4.78 is 20.7. The third kappa shape index (κ3) is 6.39. The molecular formula is C34H40FN3O3. The van der Waals surface area contributed by atoms with E-state index in [0.717, 1.165) is 22.6 Å². The first kappa shape index (κ1) is 28.7. The maximum Gasteiger partial charge on any atom is 0.257 e. The number of aryl methyl sites for hydroxylation is 2. The maximum absolute atomic E-state index is 15.0. The third-order valence-electron chi connectivity index (χ3n) is 8.40. The van der Waals surface area contributed by atoms with Gasteiger partial charge >= 0.3 is 0 Å². The zero-order chi connectivity index (χ0) is 28.9. The Labute approximate surface area is 242 Å². The fourth-order valence-electron chi connectivity index (χ4n) is 6.26. The Morgan fingerprint density at radius 1 is 0.927 bits per heavy atom. The van der Waals surface area contributed by atoms with Crippen LogP contribution in [0.25, 0.3) is 0 Å². The number of carbonyl (C=O) groups excluding carboxylic acids is 2. The molecule has 0 aromatic heterocycles. The van der Waals surface area contributed by atoms with Crippen LogP contribution in [0.4, 0.5) is 15.8 Å². The number of halogens is 1. The molecule has 1 aliphatic carbocycles. The van der Waals surface area contributed by atoms with Crippen molar-refractivity contribution < 1.29 is 18.7 Å². The average Bonchev–Trinajstić information content (AvgIpc) is 3.48. The summed E-state index contributed by atoms with van der Waals surface area (Å²) in [5.74, 6) is -0.880. The summed E-state index contributed by atoms with van der Waals surface area (Å²) in [6.07, 6.45) is 6.08. The zero-order valence-electron chi connectivity index (χ0n) is 24.2. The number of nitrogens with one attached hydrogen (secondary N) is 2. The number of piperidine rings is 1. The van der Waals surface area contributed by atoms with E-state index in [9.17, 15) is 14.0 Å². The van der Waals surface area contributed by atoms with Crippen molar-refractivity contribution in [3.63, 3.8) is 0 Å². The Hall–Kier alpha value is -3.87. The monoisotopic (exact) mass is 557 g/mol. The van der Waals surface area contributed by atoms with E-state index in [1.54, 1.807) is 24.0 Å². The lowest BCUT2D eigenvalue weighted by atomic mass is 9.83. The van der Waals surface area contributed by atoms with Crippen molar-refractivity contribution in [1.82, 2.24) is 4.90 Å². The largest absolute Gasteiger partial charge is 0.494 e. The smallest absolute Gasteiger partial charge is 0.257 e. The molecule has 2 unspecified atom stereocenters. The second-order valence-corrected chi connectivity index (χ2v) is 11.3. The van der Waals surface area contributed by atoms with Crippen LogP contribution in [-0.4, -0.2) is 35.9 Å². The molecule has 2 aliphatic rings. The van der Waals surface area contributed by atoms with Crippen LogP contribution in [0.3, 0.4) is 0 Å². The molecule has 2 atom stereocenters. The minimum atomic E-state index is -0.542. The molecule has 1 saturated carbocycles. The first-order valence-corrected chi connectivity index (χ1v) is 14.8. The van der Waals surface area contributed by atoms with Gasteiger partial charge in [-0.25, -0.2) is 4.39 Å². The number of hydrogen-bond donors (Lipinski definition) is 2. The minimum Gasteiger partial charge on any atom is -0.494 e. The molecule has 3 aromatic rings. The second kappa shape index (κ2) is 12.8. The number of amides is 2. The lowest BCUT2D eigenvalue weighted by molar-refractivity contribution is -0.123. The van der Waals surface area contributed by atoms with Crippen LogP contribution in [0.1, 0.15) is 78.5 Å². The number of likely N-dealkylation sites (tertiary alicyclic amines) is 1. The molecule has 216 valence electrons. The molecule has 3 aromatic carbocycles. The predicted molar refractivity (Wildman–Crippen MR) is 161 cm³/mol. The van der Waals surface area contributed by atoms with Gasteiger partial charge in [0.2, 0.25) is 5.91 Å². The van der Waals surface area contributed by atoms with Crippen LogP contribution in [0.15, 0.2) is 60.7 Å². The van der Waals surface area contributed by atoms with Crippen LogP contribution < -0.4 is 15.4 Å². The zero-order valence-corrected chi connectivity index (χ0v) is 24.2. The molecule has 41 heavy (non-hydrogen) atoms. The van der Waals surface area contributed by atoms with E-state index in [2.05, 4.69) is 10.6 Å². The summed E-state index contributed by atoms with van der Waals surface area (Å²) >= 11 is 0. The van der Waals surface area contributed by atoms with Crippen molar-refractivity contribution in [3.05, 3.63) is 88.7 Å². The number of benzene rings is 3. The Bertz CT molecular complexity index is 1360. The summed E-state index contributed by atoms with van der Waals surface area (Å²) in [7, 11) is 0. The molecule has 0 bridgehead atoms. The van der Waals surface area contributed by atoms with Gasteiger partial charge < -0.3 is 20.3 Å². The normalized spacial score (nSPS) is 19.2. The van der Waals surface area contributed by atoms with Gasteiger partial charge in [-0.05, 0) is 87.4 Å². The van der Waals surface area contributed by atoms with Gasteiger partial charge in [0.1, 0.15) is 11.6 Å². The van der Waals surface area contributed by atoms with Gasteiger partial charge in [0.05, 0.1) is 24.1 Å². The van der Waals surface area contributed by atoms with Gasteiger partial charge in [0.25, 0.3) is 5.91 Å². The lowest BCUT2D eigenvalue weighted by Crippen LogP contribution is -2.46. The van der Waals surface area contributed by atoms with Gasteiger partial charge in [-0.2, -0.15) is 0 Å². The number of hydrogen-bond acceptors (Lipinski definition) is 4. The van der Waals surface area contributed by atoms with Gasteiger partial charge in [-0.15, -0.1) is 0 Å². The van der Waals surface area contributed by atoms with Crippen LogP contribution in [-0.2, 0) is 4.79 Å². The van der Waals surface area contributed by atoms with Crippen LogP contribution in [0.5, 0.6) is 5.75 Å². The van der Waals surface area contributed by atoms with E-state index in [0.29, 0.717) is 43.3 Å². The highest BCUT2D eigenvalue weighted by Gasteiger charge is 2.40. The molecule has 2 fully saturated rings. The Morgan fingerprint density at radius 3 is 2.37 bits per heavy atom. The molecule has 1 aliphatic heterocycles. The SMILES string of the molecule is CCOc1cc(NC(=O)C2CCCN(C(=O)c3c(C)cccc3F)C2c2ccc(NC3CCCC3)cc2)ccc1C. The van der Waals surface area contributed by atoms with Gasteiger partial charge in [-0.3, -0.25) is 9.59 Å². The fraction of sp³-hybridized carbons (Fsp3) is 0.412. The summed E-state index contributed by atoms with van der Waals surface area (Å²) in [6.45, 7) is 6.61. The molecule has 1 saturated heterocycles. The summed E-state index contributed by atoms with van der Waals surface area (Å²) in [4.78, 5) is 29.5. The topological polar surface area (TPSA) is 70.7 Å². The van der Waals surface area contributed by atoms with E-state index in [1.165, 1.54) is 31.7 Å². The van der Waals surface area contributed by atoms with Crippen LogP contribution in [0, 0.1) is 25.6 Å². The maximum atomic E-state index is 15.0. The average molecular weight is 558 g/mol. The second-order valence-electron chi connectivity index (χ2n) is 11.3. The summed E-state index contributed by atoms with van der Waals surface area (Å²) in [5, 5.41) is 6.69. The van der Waals surface area contributed by atoms with Crippen molar-refractivity contribution in [2.24, 2.45) is 5.92 Å². The highest BCUT2D eigenvalue weighted by atomic mass is 19.1. The first-order valence-electron chi connectivity index (χ1n) is 14.8. The summed E-state index contributed by atoms with van der Waals surface area (Å²) in [5.41, 5.74) is 4.18. The van der Waals surface area contributed by atoms with E-state index >= 15 is 0 Å². The van der Waals surface area contributed by atoms with Crippen LogP contribution >= 0.6 is 0 Å². The lowest BCUT2D eigenvalue weighted by Gasteiger charge is -2.41. The molecule has 1 heterocycles. The highest BCUT2D eigenvalue weighted by molar-refractivity contribution is 5.98. The van der Waals surface area contributed by atoms with Crippen molar-refractivity contribution >= 4 is 23.2 Å². The van der Waals surface area contributed by atoms with E-state index in [1.807, 2.05) is 56.3 Å². The van der Waals surface area contributed by atoms with Crippen molar-refractivity contribution in [3.8, 4) is 5.75 Å². The molecule has 7 heteroatoms. The molecule has 5 rings (SSSR count). The van der Waals surface area contributed by atoms with Crippen molar-refractivity contribution in [1.29, 1.82) is 0 Å². The number of nitrogens with zero attached hydrogens (tertiary/aromatic N) is 1. The number of rotatable bonds is 8. The van der Waals surface area contributed by atoms with E-state index < -0.39 is 17.8 Å². The minimum absolute atomic E-state index is 0.0676. The number of carbonyl (C=O) groups is 2. The molecule has 2 amide bonds. The third-order valence-corrected chi connectivity index (χ3v) is 8.40. The quantitative estimate of drug-likeness (QED) is 0.302. The van der Waals surface area contributed by atoms with Crippen molar-refractivity contribution in [2.75, 3.05) is 23.8 Å². The summed E-state index contributed by atoms with van der Waals surface area (Å²) in [6, 6.07) is 18.3.